The third kappa shape index (κ3) is 3.55. The van der Waals surface area contributed by atoms with E-state index in [0.717, 1.165) is 18.6 Å². The van der Waals surface area contributed by atoms with Gasteiger partial charge >= 0.3 is 5.97 Å². The van der Waals surface area contributed by atoms with Crippen LogP contribution in [0.4, 0.5) is 0 Å². The monoisotopic (exact) mass is 263 g/mol. The van der Waals surface area contributed by atoms with Gasteiger partial charge in [0.25, 0.3) is 0 Å². The lowest BCUT2D eigenvalue weighted by Gasteiger charge is -2.23. The first-order valence-corrected chi connectivity index (χ1v) is 6.81. The lowest BCUT2D eigenvalue weighted by atomic mass is 10.0. The van der Waals surface area contributed by atoms with Crippen LogP contribution in [0.2, 0.25) is 0 Å². The van der Waals surface area contributed by atoms with Gasteiger partial charge in [-0.1, -0.05) is 30.3 Å². The van der Waals surface area contributed by atoms with Gasteiger partial charge in [0.2, 0.25) is 0 Å². The Morgan fingerprint density at radius 3 is 2.79 bits per heavy atom. The zero-order chi connectivity index (χ0) is 13.7. The molecule has 19 heavy (non-hydrogen) atoms. The summed E-state index contributed by atoms with van der Waals surface area (Å²) in [5.74, 6) is -0.229. The minimum absolute atomic E-state index is 0.126. The molecule has 4 heteroatoms. The number of esters is 1. The van der Waals surface area contributed by atoms with E-state index in [1.54, 1.807) is 0 Å². The Hall–Kier alpha value is -1.39. The average molecular weight is 263 g/mol. The number of hydrogen-bond acceptors (Lipinski definition) is 4. The Balaban J connectivity index is 2.12. The summed E-state index contributed by atoms with van der Waals surface area (Å²) in [6.07, 6.45) is 1.05. The van der Waals surface area contributed by atoms with Gasteiger partial charge in [-0.05, 0) is 25.8 Å². The molecule has 0 amide bonds. The third-order valence-electron chi connectivity index (χ3n) is 3.41. The van der Waals surface area contributed by atoms with E-state index in [4.69, 9.17) is 9.47 Å². The van der Waals surface area contributed by atoms with E-state index in [0.29, 0.717) is 6.61 Å². The fourth-order valence-corrected chi connectivity index (χ4v) is 2.34. The summed E-state index contributed by atoms with van der Waals surface area (Å²) in [7, 11) is 0. The molecular formula is C15H21NO3. The summed E-state index contributed by atoms with van der Waals surface area (Å²) < 4.78 is 10.7. The predicted octanol–water partition coefficient (Wildman–Crippen LogP) is 2.06. The van der Waals surface area contributed by atoms with Gasteiger partial charge in [0.15, 0.2) is 0 Å². The highest BCUT2D eigenvalue weighted by Crippen LogP contribution is 2.20. The van der Waals surface area contributed by atoms with Crippen LogP contribution in [-0.2, 0) is 14.3 Å². The number of carbonyl (C=O) groups is 1. The number of carbonyl (C=O) groups excluding carboxylic acids is 1. The summed E-state index contributed by atoms with van der Waals surface area (Å²) in [5.41, 5.74) is 0.931. The molecule has 104 valence electrons. The van der Waals surface area contributed by atoms with Crippen molar-refractivity contribution in [2.45, 2.75) is 38.5 Å². The summed E-state index contributed by atoms with van der Waals surface area (Å²) in [4.78, 5) is 12.1. The normalized spacial score (nSPS) is 24.1. The molecule has 0 saturated carbocycles. The maximum atomic E-state index is 12.1. The minimum atomic E-state index is -0.421. The standard InChI is InChI=1S/C15H21NO3/c1-3-18-15(17)14(12-7-5-4-6-8-12)16-13-9-10-19-11(13)2/h4-8,11,13-14,16H,3,9-10H2,1-2H3. The zero-order valence-corrected chi connectivity index (χ0v) is 11.5. The molecular weight excluding hydrogens is 242 g/mol. The second-order valence-electron chi connectivity index (χ2n) is 4.73. The van der Waals surface area contributed by atoms with E-state index in [1.807, 2.05) is 44.2 Å². The molecule has 1 aliphatic heterocycles. The lowest BCUT2D eigenvalue weighted by molar-refractivity contribution is -0.146. The van der Waals surface area contributed by atoms with E-state index in [2.05, 4.69) is 5.32 Å². The first-order valence-electron chi connectivity index (χ1n) is 6.81. The highest BCUT2D eigenvalue weighted by atomic mass is 16.5. The van der Waals surface area contributed by atoms with Crippen molar-refractivity contribution in [2.24, 2.45) is 0 Å². The van der Waals surface area contributed by atoms with Crippen molar-refractivity contribution in [1.82, 2.24) is 5.32 Å². The molecule has 1 aromatic rings. The van der Waals surface area contributed by atoms with E-state index in [1.165, 1.54) is 0 Å². The topological polar surface area (TPSA) is 47.6 Å². The molecule has 3 unspecified atom stereocenters. The van der Waals surface area contributed by atoms with E-state index in [9.17, 15) is 4.79 Å². The SMILES string of the molecule is CCOC(=O)C(NC1CCOC1C)c1ccccc1. The highest BCUT2D eigenvalue weighted by Gasteiger charge is 2.30. The molecule has 1 aliphatic rings. The van der Waals surface area contributed by atoms with Crippen molar-refractivity contribution in [3.63, 3.8) is 0 Å². The number of benzene rings is 1. The van der Waals surface area contributed by atoms with E-state index >= 15 is 0 Å². The summed E-state index contributed by atoms with van der Waals surface area (Å²) in [6, 6.07) is 9.44. The van der Waals surface area contributed by atoms with Gasteiger partial charge in [-0.25, -0.2) is 4.79 Å². The molecule has 1 N–H and O–H groups in total. The summed E-state index contributed by atoms with van der Waals surface area (Å²) in [5, 5.41) is 3.37. The molecule has 4 nitrogen and oxygen atoms in total. The molecule has 0 aromatic heterocycles. The first kappa shape index (κ1) is 14.0. The van der Waals surface area contributed by atoms with Gasteiger partial charge in [-0.2, -0.15) is 0 Å². The van der Waals surface area contributed by atoms with Crippen LogP contribution in [0, 0.1) is 0 Å². The van der Waals surface area contributed by atoms with Gasteiger partial charge in [0, 0.05) is 12.6 Å². The first-order chi connectivity index (χ1) is 9.22. The Bertz CT molecular complexity index is 407. The fourth-order valence-electron chi connectivity index (χ4n) is 2.34. The van der Waals surface area contributed by atoms with Crippen molar-refractivity contribution in [3.05, 3.63) is 35.9 Å². The smallest absolute Gasteiger partial charge is 0.327 e. The Morgan fingerprint density at radius 1 is 1.47 bits per heavy atom. The molecule has 0 radical (unpaired) electrons. The van der Waals surface area contributed by atoms with Gasteiger partial charge in [0.05, 0.1) is 12.7 Å². The molecule has 1 aromatic carbocycles. The van der Waals surface area contributed by atoms with Crippen LogP contribution >= 0.6 is 0 Å². The highest BCUT2D eigenvalue weighted by molar-refractivity contribution is 5.77. The molecule has 1 heterocycles. The Labute approximate surface area is 114 Å². The maximum absolute atomic E-state index is 12.1. The summed E-state index contributed by atoms with van der Waals surface area (Å²) >= 11 is 0. The number of ether oxygens (including phenoxy) is 2. The third-order valence-corrected chi connectivity index (χ3v) is 3.41. The number of hydrogen-bond donors (Lipinski definition) is 1. The summed E-state index contributed by atoms with van der Waals surface area (Å²) in [6.45, 7) is 4.98. The van der Waals surface area contributed by atoms with Crippen LogP contribution < -0.4 is 5.32 Å². The molecule has 1 saturated heterocycles. The molecule has 1 fully saturated rings. The van der Waals surface area contributed by atoms with Crippen LogP contribution in [0.15, 0.2) is 30.3 Å². The lowest BCUT2D eigenvalue weighted by Crippen LogP contribution is -2.41. The van der Waals surface area contributed by atoms with Crippen molar-refractivity contribution < 1.29 is 14.3 Å². The Morgan fingerprint density at radius 2 is 2.21 bits per heavy atom. The molecule has 0 spiro atoms. The maximum Gasteiger partial charge on any atom is 0.327 e. The predicted molar refractivity (Wildman–Crippen MR) is 72.8 cm³/mol. The quantitative estimate of drug-likeness (QED) is 0.826. The second-order valence-corrected chi connectivity index (χ2v) is 4.73. The van der Waals surface area contributed by atoms with Crippen LogP contribution in [0.5, 0.6) is 0 Å². The van der Waals surface area contributed by atoms with Gasteiger partial charge in [0.1, 0.15) is 6.04 Å². The van der Waals surface area contributed by atoms with E-state index < -0.39 is 6.04 Å². The molecule has 2 rings (SSSR count). The van der Waals surface area contributed by atoms with Gasteiger partial charge in [-0.15, -0.1) is 0 Å². The minimum Gasteiger partial charge on any atom is -0.465 e. The van der Waals surface area contributed by atoms with Crippen molar-refractivity contribution >= 4 is 5.97 Å². The van der Waals surface area contributed by atoms with Gasteiger partial charge < -0.3 is 9.47 Å². The number of rotatable bonds is 5. The van der Waals surface area contributed by atoms with Crippen molar-refractivity contribution in [3.8, 4) is 0 Å². The second kappa shape index (κ2) is 6.68. The Kier molecular flexibility index (Phi) is 4.93. The number of nitrogens with one attached hydrogen (secondary N) is 1. The largest absolute Gasteiger partial charge is 0.465 e. The zero-order valence-electron chi connectivity index (χ0n) is 11.5. The molecule has 0 aliphatic carbocycles. The fraction of sp³-hybridized carbons (Fsp3) is 0.533. The van der Waals surface area contributed by atoms with Crippen LogP contribution in [0.3, 0.4) is 0 Å². The van der Waals surface area contributed by atoms with Crippen molar-refractivity contribution in [2.75, 3.05) is 13.2 Å². The van der Waals surface area contributed by atoms with E-state index in [-0.39, 0.29) is 18.1 Å². The van der Waals surface area contributed by atoms with Crippen molar-refractivity contribution in [1.29, 1.82) is 0 Å². The van der Waals surface area contributed by atoms with Crippen LogP contribution in [0.1, 0.15) is 31.9 Å². The molecule has 3 atom stereocenters. The van der Waals surface area contributed by atoms with Crippen LogP contribution in [-0.4, -0.2) is 31.3 Å². The average Bonchev–Trinajstić information content (AvgIpc) is 2.82. The molecule has 0 bridgehead atoms. The van der Waals surface area contributed by atoms with Crippen LogP contribution in [0.25, 0.3) is 0 Å². The van der Waals surface area contributed by atoms with Gasteiger partial charge in [-0.3, -0.25) is 5.32 Å².